The predicted octanol–water partition coefficient (Wildman–Crippen LogP) is 23.9. The molecule has 3 N–H and O–H groups in total. The molecule has 0 spiro atoms. The fraction of sp³-hybridized carbons (Fsp3) is 0.950. The van der Waals surface area contributed by atoms with Gasteiger partial charge in [0.05, 0.1) is 26.4 Å². The topological polar surface area (TPSA) is 237 Å². The van der Waals surface area contributed by atoms with Crippen molar-refractivity contribution in [3.63, 3.8) is 0 Å². The number of hydrogen-bond donors (Lipinski definition) is 3. The van der Waals surface area contributed by atoms with Crippen LogP contribution in [0, 0.1) is 11.8 Å². The lowest BCUT2D eigenvalue weighted by Gasteiger charge is -2.21. The molecular weight excluding hydrogens is 1290 g/mol. The first-order valence-electron chi connectivity index (χ1n) is 41.5. The van der Waals surface area contributed by atoms with Gasteiger partial charge in [-0.05, 0) is 37.5 Å². The fourth-order valence-electron chi connectivity index (χ4n) is 12.3. The van der Waals surface area contributed by atoms with E-state index in [1.54, 1.807) is 0 Å². The van der Waals surface area contributed by atoms with E-state index < -0.39 is 97.5 Å². The summed E-state index contributed by atoms with van der Waals surface area (Å²) in [6.07, 6.45) is 61.0. The van der Waals surface area contributed by atoms with Gasteiger partial charge < -0.3 is 33.8 Å². The Morgan fingerprint density at radius 2 is 0.515 bits per heavy atom. The van der Waals surface area contributed by atoms with E-state index in [0.717, 1.165) is 102 Å². The highest BCUT2D eigenvalue weighted by atomic mass is 31.2. The van der Waals surface area contributed by atoms with Crippen LogP contribution in [0.25, 0.3) is 0 Å². The lowest BCUT2D eigenvalue weighted by Crippen LogP contribution is -2.30. The van der Waals surface area contributed by atoms with Crippen LogP contribution < -0.4 is 0 Å². The Morgan fingerprint density at radius 3 is 0.768 bits per heavy atom. The largest absolute Gasteiger partial charge is 0.472 e. The number of phosphoric ester groups is 2. The molecule has 17 nitrogen and oxygen atoms in total. The number of ether oxygens (including phenoxy) is 4. The van der Waals surface area contributed by atoms with Crippen molar-refractivity contribution < 1.29 is 80.2 Å². The van der Waals surface area contributed by atoms with Gasteiger partial charge in [-0.15, -0.1) is 0 Å². The molecule has 0 aliphatic rings. The second-order valence-electron chi connectivity index (χ2n) is 29.5. The Bertz CT molecular complexity index is 1910. The highest BCUT2D eigenvalue weighted by Crippen LogP contribution is 2.45. The third kappa shape index (κ3) is 72.8. The van der Waals surface area contributed by atoms with Crippen LogP contribution in [-0.2, 0) is 65.4 Å². The molecule has 6 atom stereocenters. The summed E-state index contributed by atoms with van der Waals surface area (Å²) >= 11 is 0. The third-order valence-corrected chi connectivity index (χ3v) is 21.0. The van der Waals surface area contributed by atoms with E-state index in [2.05, 4.69) is 41.5 Å². The van der Waals surface area contributed by atoms with E-state index in [-0.39, 0.29) is 25.7 Å². The zero-order chi connectivity index (χ0) is 72.8. The van der Waals surface area contributed by atoms with Crippen molar-refractivity contribution in [2.75, 3.05) is 39.6 Å². The van der Waals surface area contributed by atoms with Gasteiger partial charge in [-0.3, -0.25) is 37.3 Å². The Hall–Kier alpha value is -1.94. The monoisotopic (exact) mass is 1450 g/mol. The Labute approximate surface area is 607 Å². The van der Waals surface area contributed by atoms with Crippen molar-refractivity contribution in [2.24, 2.45) is 11.8 Å². The van der Waals surface area contributed by atoms with Crippen molar-refractivity contribution in [2.45, 2.75) is 439 Å². The molecule has 0 aromatic heterocycles. The molecule has 19 heteroatoms. The summed E-state index contributed by atoms with van der Waals surface area (Å²) in [5, 5.41) is 10.6. The van der Waals surface area contributed by atoms with E-state index >= 15 is 0 Å². The number of unbranched alkanes of at least 4 members (excludes halogenated alkanes) is 48. The van der Waals surface area contributed by atoms with E-state index in [0.29, 0.717) is 25.7 Å². The zero-order valence-electron chi connectivity index (χ0n) is 64.8. The number of carbonyl (C=O) groups is 4. The summed E-state index contributed by atoms with van der Waals surface area (Å²) < 4.78 is 68.7. The van der Waals surface area contributed by atoms with Crippen molar-refractivity contribution >= 4 is 39.5 Å². The van der Waals surface area contributed by atoms with Gasteiger partial charge >= 0.3 is 39.5 Å². The molecule has 0 saturated carbocycles. The van der Waals surface area contributed by atoms with Crippen LogP contribution in [0.3, 0.4) is 0 Å². The smallest absolute Gasteiger partial charge is 0.462 e. The third-order valence-electron chi connectivity index (χ3n) is 19.1. The normalized spacial score (nSPS) is 14.2. The van der Waals surface area contributed by atoms with E-state index in [9.17, 15) is 43.2 Å². The molecule has 0 aliphatic carbocycles. The van der Waals surface area contributed by atoms with Crippen LogP contribution in [0.2, 0.25) is 0 Å². The molecule has 0 fully saturated rings. The average Bonchev–Trinajstić information content (AvgIpc) is 1.01. The number of rotatable bonds is 79. The van der Waals surface area contributed by atoms with Gasteiger partial charge in [0.15, 0.2) is 12.2 Å². The number of aliphatic hydroxyl groups is 1. The summed E-state index contributed by atoms with van der Waals surface area (Å²) in [7, 11) is -9.92. The Balaban J connectivity index is 5.25. The lowest BCUT2D eigenvalue weighted by molar-refractivity contribution is -0.161. The summed E-state index contributed by atoms with van der Waals surface area (Å²) in [5.74, 6) is -0.581. The van der Waals surface area contributed by atoms with Crippen molar-refractivity contribution in [1.29, 1.82) is 0 Å². The van der Waals surface area contributed by atoms with Crippen LogP contribution in [0.1, 0.15) is 420 Å². The van der Waals surface area contributed by atoms with E-state index in [1.807, 2.05) is 0 Å². The quantitative estimate of drug-likeness (QED) is 0.0222. The zero-order valence-corrected chi connectivity index (χ0v) is 66.6. The first kappa shape index (κ1) is 97.1. The minimum Gasteiger partial charge on any atom is -0.462 e. The van der Waals surface area contributed by atoms with Crippen molar-refractivity contribution in [1.82, 2.24) is 0 Å². The predicted molar refractivity (Wildman–Crippen MR) is 405 cm³/mol. The maximum absolute atomic E-state index is 13.1. The van der Waals surface area contributed by atoms with Gasteiger partial charge in [0.2, 0.25) is 0 Å². The van der Waals surface area contributed by atoms with Crippen LogP contribution in [-0.4, -0.2) is 96.7 Å². The van der Waals surface area contributed by atoms with Gasteiger partial charge in [-0.1, -0.05) is 369 Å². The molecule has 0 heterocycles. The first-order valence-corrected chi connectivity index (χ1v) is 44.5. The molecule has 0 aromatic rings. The molecular formula is C80H156O17P2. The summed E-state index contributed by atoms with van der Waals surface area (Å²) in [6, 6.07) is 0. The van der Waals surface area contributed by atoms with Gasteiger partial charge in [-0.25, -0.2) is 9.13 Å². The molecule has 0 amide bonds. The van der Waals surface area contributed by atoms with Gasteiger partial charge in [0.1, 0.15) is 19.3 Å². The maximum Gasteiger partial charge on any atom is 0.472 e. The number of phosphoric acid groups is 2. The minimum atomic E-state index is -4.96. The molecule has 3 unspecified atom stereocenters. The molecule has 0 saturated heterocycles. The Kier molecular flexibility index (Phi) is 70.3. The van der Waals surface area contributed by atoms with Gasteiger partial charge in [-0.2, -0.15) is 0 Å². The van der Waals surface area contributed by atoms with Crippen LogP contribution in [0.15, 0.2) is 0 Å². The number of carbonyl (C=O) groups excluding carboxylic acids is 4. The van der Waals surface area contributed by atoms with Crippen molar-refractivity contribution in [3.05, 3.63) is 0 Å². The second-order valence-corrected chi connectivity index (χ2v) is 32.4. The standard InChI is InChI=1S/C80H156O17P2/c1-7-10-12-14-16-18-20-22-24-25-26-27-29-31-33-38-46-52-58-64-79(84)96-75(68-90-77(82)62-56-50-44-37-32-30-28-23-21-19-17-15-13-11-8-2)70-94-98(86,87)92-66-74(81)67-93-99(88,89)95-71-76(69-91-78(83)63-57-51-45-41-40-42-48-54-60-72(4)5)97-80(85)65-59-53-47-39-35-34-36-43-49-55-61-73(6)9-3/h72-76,81H,7-71H2,1-6H3,(H,86,87)(H,88,89)/t73?,74-,75-,76-/m1/s1. The molecule has 0 aliphatic heterocycles. The summed E-state index contributed by atoms with van der Waals surface area (Å²) in [4.78, 5) is 73.0. The number of esters is 4. The molecule has 0 rings (SSSR count). The second kappa shape index (κ2) is 71.7. The minimum absolute atomic E-state index is 0.106. The number of aliphatic hydroxyl groups excluding tert-OH is 1. The molecule has 0 aromatic carbocycles. The Morgan fingerprint density at radius 1 is 0.293 bits per heavy atom. The van der Waals surface area contributed by atoms with E-state index in [1.165, 1.54) is 238 Å². The van der Waals surface area contributed by atoms with E-state index in [4.69, 9.17) is 37.0 Å². The SMILES string of the molecule is CCCCCCCCCCCCCCCCCCCCCC(=O)O[C@H](COC(=O)CCCCCCCCCCCCCCCCC)COP(=O)(O)OC[C@@H](O)COP(=O)(O)OC[C@@H](COC(=O)CCCCCCCCCCC(C)C)OC(=O)CCCCCCCCCCCCC(C)CC. The number of hydrogen-bond acceptors (Lipinski definition) is 15. The maximum atomic E-state index is 13.1. The summed E-state index contributed by atoms with van der Waals surface area (Å²) in [6.45, 7) is 9.62. The van der Waals surface area contributed by atoms with Gasteiger partial charge in [0.25, 0.3) is 0 Å². The molecule has 99 heavy (non-hydrogen) atoms. The molecule has 588 valence electrons. The summed E-state index contributed by atoms with van der Waals surface area (Å²) in [5.41, 5.74) is 0. The van der Waals surface area contributed by atoms with Crippen LogP contribution in [0.5, 0.6) is 0 Å². The molecule has 0 bridgehead atoms. The highest BCUT2D eigenvalue weighted by molar-refractivity contribution is 7.47. The highest BCUT2D eigenvalue weighted by Gasteiger charge is 2.30. The van der Waals surface area contributed by atoms with Crippen LogP contribution >= 0.6 is 15.6 Å². The fourth-order valence-corrected chi connectivity index (χ4v) is 13.9. The lowest BCUT2D eigenvalue weighted by atomic mass is 9.99. The van der Waals surface area contributed by atoms with Crippen LogP contribution in [0.4, 0.5) is 0 Å². The van der Waals surface area contributed by atoms with Gasteiger partial charge in [0, 0.05) is 25.7 Å². The first-order chi connectivity index (χ1) is 47.9. The average molecular weight is 1450 g/mol. The molecule has 0 radical (unpaired) electrons. The van der Waals surface area contributed by atoms with Crippen molar-refractivity contribution in [3.8, 4) is 0 Å².